The zero-order valence-corrected chi connectivity index (χ0v) is 22.9. The van der Waals surface area contributed by atoms with Gasteiger partial charge in [0, 0.05) is 17.7 Å². The molecule has 0 unspecified atom stereocenters. The number of thiazole rings is 1. The summed E-state index contributed by atoms with van der Waals surface area (Å²) < 4.78 is 6.10. The maximum Gasteiger partial charge on any atom is 0.223 e. The fourth-order valence-corrected chi connectivity index (χ4v) is 5.76. The first-order chi connectivity index (χ1) is 16.2. The number of Topliss-reactive ketones (excluding diaryl/α,β-unsaturated/α-hetero) is 1. The van der Waals surface area contributed by atoms with Crippen LogP contribution in [0.5, 0.6) is 0 Å². The number of nitrogens with one attached hydrogen (secondary N) is 1. The summed E-state index contributed by atoms with van der Waals surface area (Å²) in [4.78, 5) is 30.8. The maximum atomic E-state index is 13.2. The van der Waals surface area contributed by atoms with Crippen molar-refractivity contribution in [1.29, 1.82) is 0 Å². The van der Waals surface area contributed by atoms with Crippen LogP contribution in [-0.2, 0) is 14.3 Å². The van der Waals surface area contributed by atoms with E-state index in [-0.39, 0.29) is 41.8 Å². The molecule has 196 valence electrons. The van der Waals surface area contributed by atoms with Crippen molar-refractivity contribution < 1.29 is 24.5 Å². The molecule has 2 aliphatic heterocycles. The van der Waals surface area contributed by atoms with Crippen LogP contribution in [0.3, 0.4) is 0 Å². The van der Waals surface area contributed by atoms with E-state index in [1.54, 1.807) is 32.1 Å². The Morgan fingerprint density at radius 1 is 1.26 bits per heavy atom. The summed E-state index contributed by atoms with van der Waals surface area (Å²) >= 11 is 1.58. The normalized spacial score (nSPS) is 37.5. The lowest BCUT2D eigenvalue weighted by molar-refractivity contribution is -0.143. The van der Waals surface area contributed by atoms with E-state index in [9.17, 15) is 19.8 Å². The Labute approximate surface area is 213 Å². The van der Waals surface area contributed by atoms with Gasteiger partial charge in [0.2, 0.25) is 5.91 Å². The van der Waals surface area contributed by atoms with E-state index >= 15 is 0 Å². The van der Waals surface area contributed by atoms with Gasteiger partial charge in [-0.3, -0.25) is 9.59 Å². The number of hydrogen-bond donors (Lipinski definition) is 3. The zero-order valence-electron chi connectivity index (χ0n) is 22.1. The van der Waals surface area contributed by atoms with Gasteiger partial charge < -0.3 is 20.3 Å². The van der Waals surface area contributed by atoms with Gasteiger partial charge in [0.25, 0.3) is 0 Å². The second-order valence-corrected chi connectivity index (χ2v) is 12.5. The number of carbonyl (C=O) groups is 2. The molecule has 0 aliphatic carbocycles. The molecule has 7 atom stereocenters. The molecule has 2 fully saturated rings. The highest BCUT2D eigenvalue weighted by molar-refractivity contribution is 7.09. The highest BCUT2D eigenvalue weighted by Gasteiger charge is 2.52. The molecule has 3 heterocycles. The molecule has 3 rings (SSSR count). The lowest BCUT2D eigenvalue weighted by Crippen LogP contribution is -2.47. The summed E-state index contributed by atoms with van der Waals surface area (Å²) in [7, 11) is 0. The predicted molar refractivity (Wildman–Crippen MR) is 138 cm³/mol. The summed E-state index contributed by atoms with van der Waals surface area (Å²) in [5, 5.41) is 27.8. The van der Waals surface area contributed by atoms with Crippen LogP contribution >= 0.6 is 11.3 Å². The molecular formula is C27H42N2O5S. The molecule has 1 aromatic heterocycles. The van der Waals surface area contributed by atoms with Crippen LogP contribution in [0.15, 0.2) is 11.0 Å². The molecular weight excluding hydrogens is 464 g/mol. The van der Waals surface area contributed by atoms with Gasteiger partial charge in [-0.2, -0.15) is 0 Å². The Morgan fingerprint density at radius 2 is 1.94 bits per heavy atom. The van der Waals surface area contributed by atoms with Gasteiger partial charge in [-0.05, 0) is 51.2 Å². The molecule has 35 heavy (non-hydrogen) atoms. The predicted octanol–water partition coefficient (Wildman–Crippen LogP) is 4.05. The van der Waals surface area contributed by atoms with E-state index in [2.05, 4.69) is 17.2 Å². The number of ether oxygens (including phenoxy) is 1. The molecule has 0 spiro atoms. The standard InChI is InChI=1S/C27H42N2O5S/c1-15-9-8-10-27(7)22(34-27)12-20(16(2)11-19-14-35-18(4)28-19)29-23(31)13-21(30)26(5,6)25(33)17(3)24(15)32/h11,14-15,17,20-22,24,30,32H,8-10,12-13H2,1-7H3,(H,29,31)/b16-11-/t15-,17+,20-,21-,22-,24-,27+/m1/s1. The average Bonchev–Trinajstić information content (AvgIpc) is 3.22. The maximum absolute atomic E-state index is 13.2. The van der Waals surface area contributed by atoms with E-state index in [1.165, 1.54) is 0 Å². The monoisotopic (exact) mass is 506 g/mol. The van der Waals surface area contributed by atoms with E-state index < -0.39 is 23.5 Å². The van der Waals surface area contributed by atoms with Crippen molar-refractivity contribution in [3.63, 3.8) is 0 Å². The minimum Gasteiger partial charge on any atom is -0.392 e. The topological polar surface area (TPSA) is 112 Å². The molecule has 7 nitrogen and oxygen atoms in total. The van der Waals surface area contributed by atoms with E-state index in [4.69, 9.17) is 4.74 Å². The van der Waals surface area contributed by atoms with E-state index in [0.717, 1.165) is 35.5 Å². The van der Waals surface area contributed by atoms with Crippen LogP contribution in [0, 0.1) is 24.2 Å². The zero-order chi connectivity index (χ0) is 26.1. The van der Waals surface area contributed by atoms with Crippen LogP contribution < -0.4 is 5.32 Å². The molecule has 0 saturated carbocycles. The molecule has 3 N–H and O–H groups in total. The fourth-order valence-electron chi connectivity index (χ4n) is 5.19. The third-order valence-corrected chi connectivity index (χ3v) is 8.86. The number of epoxide rings is 1. The van der Waals surface area contributed by atoms with Crippen molar-refractivity contribution in [1.82, 2.24) is 10.3 Å². The molecule has 0 aromatic carbocycles. The van der Waals surface area contributed by atoms with Crippen LogP contribution in [0.25, 0.3) is 6.08 Å². The van der Waals surface area contributed by atoms with Gasteiger partial charge in [-0.25, -0.2) is 4.98 Å². The fraction of sp³-hybridized carbons (Fsp3) is 0.741. The van der Waals surface area contributed by atoms with Gasteiger partial charge in [0.05, 0.1) is 52.5 Å². The van der Waals surface area contributed by atoms with E-state index in [0.29, 0.717) is 6.42 Å². The van der Waals surface area contributed by atoms with Gasteiger partial charge in [-0.15, -0.1) is 11.3 Å². The van der Waals surface area contributed by atoms with Crippen LogP contribution in [0.1, 0.15) is 84.3 Å². The highest BCUT2D eigenvalue weighted by Crippen LogP contribution is 2.44. The first kappa shape index (κ1) is 28.0. The van der Waals surface area contributed by atoms with Crippen molar-refractivity contribution in [2.75, 3.05) is 0 Å². The van der Waals surface area contributed by atoms with Crippen molar-refractivity contribution >= 4 is 29.1 Å². The number of aromatic nitrogens is 1. The number of aryl methyl sites for hydroxylation is 1. The van der Waals surface area contributed by atoms with Gasteiger partial charge >= 0.3 is 0 Å². The number of amides is 1. The first-order valence-electron chi connectivity index (χ1n) is 12.7. The average molecular weight is 507 g/mol. The lowest BCUT2D eigenvalue weighted by atomic mass is 9.72. The number of nitrogens with zero attached hydrogens (tertiary/aromatic N) is 1. The second kappa shape index (κ2) is 10.8. The molecule has 2 aliphatic rings. The van der Waals surface area contributed by atoms with Gasteiger partial charge in [0.15, 0.2) is 0 Å². The van der Waals surface area contributed by atoms with Crippen molar-refractivity contribution in [3.8, 4) is 0 Å². The Balaban J connectivity index is 1.85. The van der Waals surface area contributed by atoms with Crippen molar-refractivity contribution in [2.45, 2.75) is 111 Å². The van der Waals surface area contributed by atoms with Gasteiger partial charge in [-0.1, -0.05) is 34.1 Å². The van der Waals surface area contributed by atoms with Crippen molar-refractivity contribution in [3.05, 3.63) is 21.7 Å². The first-order valence-corrected chi connectivity index (χ1v) is 13.6. The smallest absolute Gasteiger partial charge is 0.223 e. The minimum absolute atomic E-state index is 0.0170. The summed E-state index contributed by atoms with van der Waals surface area (Å²) in [6, 6.07) is -0.269. The molecule has 0 bridgehead atoms. The SMILES string of the molecule is C/C(=C/c1csc(C)n1)[C@H]1C[C@H]2O[C@@]2(C)CCC[C@@H](C)[C@@H](O)[C@H](C)C(=O)C(C)(C)[C@H](O)CC(=O)N1. The Kier molecular flexibility index (Phi) is 8.62. The highest BCUT2D eigenvalue weighted by atomic mass is 32.1. The number of aliphatic hydroxyl groups is 2. The number of aliphatic hydroxyl groups excluding tert-OH is 2. The summed E-state index contributed by atoms with van der Waals surface area (Å²) in [6.45, 7) is 13.0. The number of carbonyl (C=O) groups excluding carboxylic acids is 2. The third kappa shape index (κ3) is 6.59. The second-order valence-electron chi connectivity index (χ2n) is 11.4. The van der Waals surface area contributed by atoms with Crippen molar-refractivity contribution in [2.24, 2.45) is 17.3 Å². The Morgan fingerprint density at radius 3 is 2.57 bits per heavy atom. The third-order valence-electron chi connectivity index (χ3n) is 8.07. The number of fused-ring (bicyclic) bond motifs is 1. The molecule has 2 saturated heterocycles. The van der Waals surface area contributed by atoms with Crippen LogP contribution in [-0.4, -0.2) is 56.8 Å². The van der Waals surface area contributed by atoms with Gasteiger partial charge in [0.1, 0.15) is 5.78 Å². The van der Waals surface area contributed by atoms with Crippen LogP contribution in [0.2, 0.25) is 0 Å². The Bertz CT molecular complexity index is 957. The Hall–Kier alpha value is -1.61. The van der Waals surface area contributed by atoms with Crippen LogP contribution in [0.4, 0.5) is 0 Å². The van der Waals surface area contributed by atoms with E-state index in [1.807, 2.05) is 32.2 Å². The largest absolute Gasteiger partial charge is 0.392 e. The molecule has 8 heteroatoms. The summed E-state index contributed by atoms with van der Waals surface area (Å²) in [5.41, 5.74) is 0.410. The molecule has 1 amide bonds. The lowest BCUT2D eigenvalue weighted by Gasteiger charge is -2.34. The minimum atomic E-state index is -1.17. The summed E-state index contributed by atoms with van der Waals surface area (Å²) in [5.74, 6) is -1.24. The number of rotatable bonds is 2. The molecule has 0 radical (unpaired) electrons. The number of hydrogen-bond acceptors (Lipinski definition) is 7. The quantitative estimate of drug-likeness (QED) is 0.522. The number of ketones is 1. The summed E-state index contributed by atoms with van der Waals surface area (Å²) in [6.07, 6.45) is 2.99. The molecule has 1 aromatic rings.